The predicted molar refractivity (Wildman–Crippen MR) is 155 cm³/mol. The van der Waals surface area contributed by atoms with Crippen molar-refractivity contribution in [1.82, 2.24) is 20.2 Å². The van der Waals surface area contributed by atoms with Gasteiger partial charge in [-0.15, -0.1) is 10.2 Å². The summed E-state index contributed by atoms with van der Waals surface area (Å²) in [7, 11) is 0. The largest absolute Gasteiger partial charge is 0.377 e. The number of para-hydroxylation sites is 1. The van der Waals surface area contributed by atoms with E-state index in [2.05, 4.69) is 50.3 Å². The monoisotopic (exact) mass is 518 g/mol. The first kappa shape index (κ1) is 25.0. The molecule has 0 spiro atoms. The fraction of sp³-hybridized carbons (Fsp3) is 0.0667. The molecule has 8 heteroatoms. The van der Waals surface area contributed by atoms with E-state index in [4.69, 9.17) is 0 Å². The van der Waals surface area contributed by atoms with Gasteiger partial charge in [-0.3, -0.25) is 9.36 Å². The summed E-state index contributed by atoms with van der Waals surface area (Å²) in [5, 5.41) is 19.3. The maximum atomic E-state index is 12.4. The van der Waals surface area contributed by atoms with Gasteiger partial charge in [-0.05, 0) is 35.2 Å². The van der Waals surface area contributed by atoms with Gasteiger partial charge in [0.05, 0.1) is 12.3 Å². The predicted octanol–water partition coefficient (Wildman–Crippen LogP) is 5.94. The average Bonchev–Trinajstić information content (AvgIpc) is 3.38. The van der Waals surface area contributed by atoms with Crippen molar-refractivity contribution in [2.45, 2.75) is 11.7 Å². The number of carbonyl (C=O) groups excluding carboxylic acids is 1. The molecule has 1 amide bonds. The van der Waals surface area contributed by atoms with E-state index in [-0.39, 0.29) is 11.7 Å². The zero-order valence-corrected chi connectivity index (χ0v) is 21.4. The zero-order valence-electron chi connectivity index (χ0n) is 20.6. The van der Waals surface area contributed by atoms with E-state index in [1.165, 1.54) is 17.1 Å². The number of fused-ring (bicyclic) bond motifs is 1. The number of aromatic nitrogens is 3. The Morgan fingerprint density at radius 1 is 0.868 bits per heavy atom. The lowest BCUT2D eigenvalue weighted by Gasteiger charge is -2.12. The summed E-state index contributed by atoms with van der Waals surface area (Å²) >= 11 is 1.31. The Kier molecular flexibility index (Phi) is 8.23. The summed E-state index contributed by atoms with van der Waals surface area (Å²) in [5.74, 6) is 0.676. The van der Waals surface area contributed by atoms with Crippen molar-refractivity contribution in [3.05, 3.63) is 121 Å². The van der Waals surface area contributed by atoms with Crippen LogP contribution >= 0.6 is 11.8 Å². The van der Waals surface area contributed by atoms with E-state index in [1.807, 2.05) is 89.5 Å². The molecular weight excluding hydrogens is 492 g/mol. The van der Waals surface area contributed by atoms with Crippen LogP contribution in [0.5, 0.6) is 0 Å². The minimum atomic E-state index is -0.225. The molecule has 7 nitrogen and oxygen atoms in total. The lowest BCUT2D eigenvalue weighted by atomic mass is 10.1. The van der Waals surface area contributed by atoms with Gasteiger partial charge in [-0.1, -0.05) is 103 Å². The normalized spacial score (nSPS) is 11.4. The lowest BCUT2D eigenvalue weighted by molar-refractivity contribution is -0.118. The number of amides is 1. The Bertz CT molecular complexity index is 1560. The molecule has 0 aliphatic rings. The molecule has 0 bridgehead atoms. The van der Waals surface area contributed by atoms with Gasteiger partial charge >= 0.3 is 0 Å². The smallest absolute Gasteiger partial charge is 0.250 e. The van der Waals surface area contributed by atoms with Gasteiger partial charge in [0, 0.05) is 23.0 Å². The van der Waals surface area contributed by atoms with Crippen LogP contribution in [0.25, 0.3) is 22.5 Å². The number of allylic oxidation sites excluding steroid dienone is 1. The number of hydrogen-bond acceptors (Lipinski definition) is 6. The summed E-state index contributed by atoms with van der Waals surface area (Å²) in [5.41, 5.74) is 5.58. The van der Waals surface area contributed by atoms with Gasteiger partial charge in [0.2, 0.25) is 0 Å². The third-order valence-corrected chi connectivity index (χ3v) is 6.64. The van der Waals surface area contributed by atoms with Gasteiger partial charge in [-0.2, -0.15) is 5.10 Å². The first-order chi connectivity index (χ1) is 18.8. The highest BCUT2D eigenvalue weighted by Crippen LogP contribution is 2.25. The van der Waals surface area contributed by atoms with Crippen molar-refractivity contribution in [3.63, 3.8) is 0 Å². The average molecular weight is 519 g/mol. The minimum absolute atomic E-state index is 0.154. The van der Waals surface area contributed by atoms with E-state index in [0.717, 1.165) is 28.1 Å². The van der Waals surface area contributed by atoms with Crippen molar-refractivity contribution < 1.29 is 4.79 Å². The summed E-state index contributed by atoms with van der Waals surface area (Å²) < 4.78 is 1.97. The van der Waals surface area contributed by atoms with Crippen LogP contribution in [-0.4, -0.2) is 32.6 Å². The van der Waals surface area contributed by atoms with Crippen LogP contribution in [0.3, 0.4) is 0 Å². The molecule has 188 valence electrons. The molecule has 0 saturated heterocycles. The number of benzene rings is 4. The number of hydrogen-bond donors (Lipinski definition) is 2. The lowest BCUT2D eigenvalue weighted by Crippen LogP contribution is -2.19. The zero-order chi connectivity index (χ0) is 26.0. The summed E-state index contributed by atoms with van der Waals surface area (Å²) in [4.78, 5) is 12.4. The molecule has 38 heavy (non-hydrogen) atoms. The van der Waals surface area contributed by atoms with Crippen LogP contribution < -0.4 is 10.7 Å². The third kappa shape index (κ3) is 6.35. The number of rotatable bonds is 10. The Morgan fingerprint density at radius 3 is 2.45 bits per heavy atom. The SMILES string of the molecule is O=C(CSc1nnc(CNc2cccc3ccccc23)n1-c1ccccc1)NN=CC=Cc1ccccc1. The second-order valence-corrected chi connectivity index (χ2v) is 9.26. The standard InChI is InChI=1S/C30H26N6OS/c37-29(34-32-20-10-13-23-11-3-1-4-12-23)22-38-30-35-33-28(36(30)25-16-5-2-6-17-25)21-31-27-19-9-15-24-14-7-8-18-26(24)27/h1-20,31H,21-22H2,(H,34,37). The van der Waals surface area contributed by atoms with Gasteiger partial charge in [0.1, 0.15) is 0 Å². The Hall–Kier alpha value is -4.69. The number of nitrogens with one attached hydrogen (secondary N) is 2. The fourth-order valence-electron chi connectivity index (χ4n) is 3.93. The molecule has 1 aromatic heterocycles. The van der Waals surface area contributed by atoms with E-state index in [9.17, 15) is 4.79 Å². The van der Waals surface area contributed by atoms with Crippen molar-refractivity contribution in [2.75, 3.05) is 11.1 Å². The molecule has 0 aliphatic carbocycles. The maximum absolute atomic E-state index is 12.4. The molecule has 0 radical (unpaired) electrons. The summed E-state index contributed by atoms with van der Waals surface area (Å²) in [6.45, 7) is 0.473. The van der Waals surface area contributed by atoms with Crippen molar-refractivity contribution in [3.8, 4) is 5.69 Å². The molecule has 5 rings (SSSR count). The first-order valence-corrected chi connectivity index (χ1v) is 13.1. The molecular formula is C30H26N6OS. The number of thioether (sulfide) groups is 1. The molecule has 1 heterocycles. The second kappa shape index (κ2) is 12.5. The fourth-order valence-corrected chi connectivity index (χ4v) is 4.69. The van der Waals surface area contributed by atoms with Crippen molar-refractivity contribution in [1.29, 1.82) is 0 Å². The van der Waals surface area contributed by atoms with Crippen LogP contribution in [0.2, 0.25) is 0 Å². The first-order valence-electron chi connectivity index (χ1n) is 12.2. The highest BCUT2D eigenvalue weighted by atomic mass is 32.2. The van der Waals surface area contributed by atoms with E-state index < -0.39 is 0 Å². The van der Waals surface area contributed by atoms with E-state index >= 15 is 0 Å². The molecule has 0 atom stereocenters. The number of nitrogens with zero attached hydrogens (tertiary/aromatic N) is 4. The van der Waals surface area contributed by atoms with Gasteiger partial charge in [-0.25, -0.2) is 5.43 Å². The van der Waals surface area contributed by atoms with E-state index in [0.29, 0.717) is 11.7 Å². The Balaban J connectivity index is 1.25. The van der Waals surface area contributed by atoms with Gasteiger partial charge in [0.25, 0.3) is 5.91 Å². The second-order valence-electron chi connectivity index (χ2n) is 8.32. The molecule has 0 fully saturated rings. The molecule has 4 aromatic carbocycles. The van der Waals surface area contributed by atoms with Crippen LogP contribution in [0, 0.1) is 0 Å². The molecule has 0 saturated carbocycles. The maximum Gasteiger partial charge on any atom is 0.250 e. The van der Waals surface area contributed by atoms with Crippen molar-refractivity contribution >= 4 is 46.4 Å². The van der Waals surface area contributed by atoms with Gasteiger partial charge in [0.15, 0.2) is 11.0 Å². The topological polar surface area (TPSA) is 84.2 Å². The van der Waals surface area contributed by atoms with Crippen LogP contribution in [0.4, 0.5) is 5.69 Å². The Morgan fingerprint density at radius 2 is 1.61 bits per heavy atom. The number of hydrazone groups is 1. The Labute approximate surface area is 225 Å². The van der Waals surface area contributed by atoms with Gasteiger partial charge < -0.3 is 5.32 Å². The molecule has 0 unspecified atom stereocenters. The third-order valence-electron chi connectivity index (χ3n) is 5.71. The number of carbonyl (C=O) groups is 1. The molecule has 5 aromatic rings. The summed E-state index contributed by atoms with van der Waals surface area (Å²) in [6.07, 6.45) is 5.25. The molecule has 0 aliphatic heterocycles. The van der Waals surface area contributed by atoms with Crippen LogP contribution in [0.1, 0.15) is 11.4 Å². The molecule has 2 N–H and O–H groups in total. The van der Waals surface area contributed by atoms with Crippen LogP contribution in [-0.2, 0) is 11.3 Å². The van der Waals surface area contributed by atoms with E-state index in [1.54, 1.807) is 12.3 Å². The number of anilines is 1. The minimum Gasteiger partial charge on any atom is -0.377 e. The highest BCUT2D eigenvalue weighted by Gasteiger charge is 2.16. The highest BCUT2D eigenvalue weighted by molar-refractivity contribution is 7.99. The summed E-state index contributed by atoms with van der Waals surface area (Å²) in [6, 6.07) is 34.2. The van der Waals surface area contributed by atoms with Crippen LogP contribution in [0.15, 0.2) is 119 Å². The van der Waals surface area contributed by atoms with Crippen molar-refractivity contribution in [2.24, 2.45) is 5.10 Å². The quantitative estimate of drug-likeness (QED) is 0.136.